The Morgan fingerprint density at radius 1 is 1.00 bits per heavy atom. The van der Waals surface area contributed by atoms with E-state index in [4.69, 9.17) is 28.7 Å². The fourth-order valence-corrected chi connectivity index (χ4v) is 4.85. The van der Waals surface area contributed by atoms with Gasteiger partial charge in [-0.2, -0.15) is 4.89 Å². The largest absolute Gasteiger partial charge is 0.493 e. The predicted octanol–water partition coefficient (Wildman–Crippen LogP) is 2.50. The molecule has 2 aromatic rings. The Hall–Kier alpha value is -2.97. The quantitative estimate of drug-likeness (QED) is 0.603. The number of cyclic esters (lactones) is 1. The Balaban J connectivity index is 1.74. The molecule has 5 rings (SSSR count). The molecule has 1 aliphatic carbocycles. The lowest BCUT2D eigenvalue weighted by Gasteiger charge is -2.37. The van der Waals surface area contributed by atoms with E-state index in [0.29, 0.717) is 35.2 Å². The summed E-state index contributed by atoms with van der Waals surface area (Å²) in [6, 6.07) is 7.43. The van der Waals surface area contributed by atoms with Gasteiger partial charge in [0.15, 0.2) is 17.2 Å². The fourth-order valence-electron chi connectivity index (χ4n) is 4.85. The molecule has 2 aliphatic heterocycles. The van der Waals surface area contributed by atoms with E-state index in [-0.39, 0.29) is 24.4 Å². The van der Waals surface area contributed by atoms with Gasteiger partial charge < -0.3 is 28.9 Å². The van der Waals surface area contributed by atoms with Gasteiger partial charge in [-0.3, -0.25) is 4.79 Å². The molecule has 0 aromatic heterocycles. The molecule has 0 saturated carbocycles. The maximum Gasteiger partial charge on any atom is 0.310 e. The molecule has 1 saturated heterocycles. The van der Waals surface area contributed by atoms with Gasteiger partial charge in [0.1, 0.15) is 6.61 Å². The van der Waals surface area contributed by atoms with Gasteiger partial charge in [-0.05, 0) is 41.0 Å². The van der Waals surface area contributed by atoms with Crippen molar-refractivity contribution in [1.29, 1.82) is 0 Å². The number of rotatable bonds is 4. The summed E-state index contributed by atoms with van der Waals surface area (Å²) >= 11 is 0. The number of hydrogen-bond donors (Lipinski definition) is 1. The number of carbonyl (C=O) groups is 1. The second-order valence-corrected chi connectivity index (χ2v) is 7.64. The molecular weight excluding hydrogens is 392 g/mol. The van der Waals surface area contributed by atoms with Crippen LogP contribution in [0.1, 0.15) is 34.3 Å². The molecule has 158 valence electrons. The lowest BCUT2D eigenvalue weighted by Crippen LogP contribution is -2.34. The number of esters is 1. The van der Waals surface area contributed by atoms with E-state index in [0.717, 1.165) is 16.7 Å². The third-order valence-electron chi connectivity index (χ3n) is 6.25. The molecular formula is C22H22O8. The van der Waals surface area contributed by atoms with E-state index in [1.54, 1.807) is 27.4 Å². The molecule has 3 aliphatic rings. The summed E-state index contributed by atoms with van der Waals surface area (Å²) < 4.78 is 21.9. The number of ether oxygens (including phenoxy) is 4. The number of fused-ring (bicyclic) bond motifs is 3. The predicted molar refractivity (Wildman–Crippen MR) is 103 cm³/mol. The molecule has 0 bridgehead atoms. The lowest BCUT2D eigenvalue weighted by atomic mass is 9.66. The van der Waals surface area contributed by atoms with Gasteiger partial charge in [-0.15, -0.1) is 0 Å². The van der Waals surface area contributed by atoms with Crippen LogP contribution in [-0.2, 0) is 21.0 Å². The third kappa shape index (κ3) is 2.64. The number of hydrogen-bond acceptors (Lipinski definition) is 8. The minimum Gasteiger partial charge on any atom is -0.493 e. The van der Waals surface area contributed by atoms with Gasteiger partial charge in [0.25, 0.3) is 0 Å². The Labute approximate surface area is 173 Å². The van der Waals surface area contributed by atoms with E-state index in [9.17, 15) is 9.90 Å². The average Bonchev–Trinajstić information content (AvgIpc) is 3.38. The summed E-state index contributed by atoms with van der Waals surface area (Å²) in [6.45, 7) is 0.471. The van der Waals surface area contributed by atoms with Crippen LogP contribution in [0.15, 0.2) is 24.3 Å². The SMILES string of the molecule is COc1cc([C@@H]2c3cc4c(cc3[C@@H](O)[C@H]3COC(=O)[C@H]23)OOC4)cc(OC)c1OC. The zero-order valence-corrected chi connectivity index (χ0v) is 16.8. The second kappa shape index (κ2) is 7.07. The van der Waals surface area contributed by atoms with Gasteiger partial charge in [-0.25, -0.2) is 0 Å². The molecule has 1 N–H and O–H groups in total. The van der Waals surface area contributed by atoms with E-state index in [1.165, 1.54) is 0 Å². The summed E-state index contributed by atoms with van der Waals surface area (Å²) in [6.07, 6.45) is -0.843. The molecule has 30 heavy (non-hydrogen) atoms. The molecule has 8 nitrogen and oxygen atoms in total. The molecule has 1 fully saturated rings. The van der Waals surface area contributed by atoms with Crippen molar-refractivity contribution in [3.63, 3.8) is 0 Å². The fraction of sp³-hybridized carbons (Fsp3) is 0.409. The molecule has 8 heteroatoms. The first-order valence-corrected chi connectivity index (χ1v) is 9.68. The standard InChI is InChI=1S/C22H22O8/c1-25-16-5-10(6-17(26-2)21(16)27-3)18-12-4-11-8-29-30-15(11)7-13(12)20(23)14-9-28-22(24)19(14)18/h4-7,14,18-20,23H,8-9H2,1-3H3/t14-,18+,19-,20+/m0/s1. The summed E-state index contributed by atoms with van der Waals surface area (Å²) in [5.41, 5.74) is 3.22. The van der Waals surface area contributed by atoms with Crippen molar-refractivity contribution in [2.45, 2.75) is 18.6 Å². The van der Waals surface area contributed by atoms with E-state index >= 15 is 0 Å². The van der Waals surface area contributed by atoms with E-state index in [2.05, 4.69) is 0 Å². The van der Waals surface area contributed by atoms with Crippen LogP contribution in [0.2, 0.25) is 0 Å². The van der Waals surface area contributed by atoms with Gasteiger partial charge >= 0.3 is 5.97 Å². The number of aliphatic hydroxyl groups excluding tert-OH is 1. The first-order valence-electron chi connectivity index (χ1n) is 9.68. The van der Waals surface area contributed by atoms with Crippen molar-refractivity contribution < 1.29 is 38.6 Å². The van der Waals surface area contributed by atoms with Crippen molar-refractivity contribution in [2.75, 3.05) is 27.9 Å². The molecule has 0 unspecified atom stereocenters. The minimum atomic E-state index is -0.843. The van der Waals surface area contributed by atoms with Crippen LogP contribution in [0, 0.1) is 11.8 Å². The summed E-state index contributed by atoms with van der Waals surface area (Å²) in [5, 5.41) is 11.0. The van der Waals surface area contributed by atoms with Crippen LogP contribution in [0.3, 0.4) is 0 Å². The lowest BCUT2D eigenvalue weighted by molar-refractivity contribution is -0.194. The number of aliphatic hydroxyl groups is 1. The highest BCUT2D eigenvalue weighted by atomic mass is 17.2. The normalized spacial score (nSPS) is 26.2. The summed E-state index contributed by atoms with van der Waals surface area (Å²) in [5.74, 6) is 0.470. The Bertz CT molecular complexity index is 991. The number of benzene rings is 2. The minimum absolute atomic E-state index is 0.166. The van der Waals surface area contributed by atoms with Crippen molar-refractivity contribution in [2.24, 2.45) is 11.8 Å². The van der Waals surface area contributed by atoms with Crippen LogP contribution >= 0.6 is 0 Å². The highest BCUT2D eigenvalue weighted by Gasteiger charge is 2.52. The first-order chi connectivity index (χ1) is 14.6. The smallest absolute Gasteiger partial charge is 0.310 e. The molecule has 2 heterocycles. The highest BCUT2D eigenvalue weighted by Crippen LogP contribution is 2.54. The maximum atomic E-state index is 12.7. The van der Waals surface area contributed by atoms with Crippen LogP contribution in [-0.4, -0.2) is 39.0 Å². The average molecular weight is 414 g/mol. The Morgan fingerprint density at radius 2 is 1.73 bits per heavy atom. The summed E-state index contributed by atoms with van der Waals surface area (Å²) in [4.78, 5) is 23.1. The second-order valence-electron chi connectivity index (χ2n) is 7.64. The zero-order valence-electron chi connectivity index (χ0n) is 16.8. The molecule has 2 aromatic carbocycles. The Kier molecular flexibility index (Phi) is 4.48. The maximum absolute atomic E-state index is 12.7. The monoisotopic (exact) mass is 414 g/mol. The van der Waals surface area contributed by atoms with E-state index in [1.807, 2.05) is 18.2 Å². The number of carbonyl (C=O) groups excluding carboxylic acids is 1. The van der Waals surface area contributed by atoms with E-state index < -0.39 is 12.0 Å². The van der Waals surface area contributed by atoms with Gasteiger partial charge in [0.2, 0.25) is 5.75 Å². The van der Waals surface area contributed by atoms with Gasteiger partial charge in [0, 0.05) is 17.4 Å². The zero-order chi connectivity index (χ0) is 21.0. The van der Waals surface area contributed by atoms with Crippen LogP contribution in [0.4, 0.5) is 0 Å². The Morgan fingerprint density at radius 3 is 2.40 bits per heavy atom. The highest BCUT2D eigenvalue weighted by molar-refractivity contribution is 5.78. The molecule has 0 amide bonds. The molecule has 4 atom stereocenters. The van der Waals surface area contributed by atoms with Crippen LogP contribution in [0.25, 0.3) is 0 Å². The molecule has 0 spiro atoms. The van der Waals surface area contributed by atoms with Gasteiger partial charge in [0.05, 0.1) is 40.0 Å². The topological polar surface area (TPSA) is 92.7 Å². The van der Waals surface area contributed by atoms with Crippen molar-refractivity contribution in [3.8, 4) is 23.0 Å². The first kappa shape index (κ1) is 19.0. The number of methoxy groups -OCH3 is 3. The van der Waals surface area contributed by atoms with Crippen molar-refractivity contribution in [3.05, 3.63) is 46.5 Å². The third-order valence-corrected chi connectivity index (χ3v) is 6.25. The summed E-state index contributed by atoms with van der Waals surface area (Å²) in [7, 11) is 4.64. The van der Waals surface area contributed by atoms with Gasteiger partial charge in [-0.1, -0.05) is 0 Å². The van der Waals surface area contributed by atoms with Crippen molar-refractivity contribution >= 4 is 5.97 Å². The van der Waals surface area contributed by atoms with Crippen LogP contribution < -0.4 is 19.1 Å². The van der Waals surface area contributed by atoms with Crippen molar-refractivity contribution in [1.82, 2.24) is 0 Å². The van der Waals surface area contributed by atoms with Crippen LogP contribution in [0.5, 0.6) is 23.0 Å². The molecule has 0 radical (unpaired) electrons.